The Morgan fingerprint density at radius 2 is 1.66 bits per heavy atom. The minimum atomic E-state index is 0.647. The van der Waals surface area contributed by atoms with Gasteiger partial charge in [0.1, 0.15) is 17.9 Å². The summed E-state index contributed by atoms with van der Waals surface area (Å²) in [5.74, 6) is 1.65. The van der Waals surface area contributed by atoms with E-state index in [1.54, 1.807) is 13.4 Å². The number of nitrogens with one attached hydrogen (secondary N) is 1. The number of benzene rings is 3. The largest absolute Gasteiger partial charge is 0.497 e. The average Bonchev–Trinajstić information content (AvgIpc) is 3.24. The summed E-state index contributed by atoms with van der Waals surface area (Å²) in [4.78, 5) is 9.24. The molecule has 32 heavy (non-hydrogen) atoms. The van der Waals surface area contributed by atoms with Crippen molar-refractivity contribution in [1.82, 2.24) is 14.5 Å². The van der Waals surface area contributed by atoms with E-state index in [-0.39, 0.29) is 0 Å². The molecular formula is C26H21BrN4O. The van der Waals surface area contributed by atoms with Gasteiger partial charge in [0.2, 0.25) is 0 Å². The van der Waals surface area contributed by atoms with Crippen LogP contribution in [0.25, 0.3) is 27.8 Å². The van der Waals surface area contributed by atoms with Crippen LogP contribution in [-0.4, -0.2) is 21.6 Å². The van der Waals surface area contributed by atoms with Gasteiger partial charge in [-0.3, -0.25) is 0 Å². The second-order valence-electron chi connectivity index (χ2n) is 7.38. The molecule has 0 radical (unpaired) electrons. The fourth-order valence-electron chi connectivity index (χ4n) is 3.76. The van der Waals surface area contributed by atoms with Gasteiger partial charge in [0.15, 0.2) is 5.65 Å². The van der Waals surface area contributed by atoms with Crippen molar-refractivity contribution in [3.8, 4) is 22.6 Å². The molecule has 0 atom stereocenters. The molecule has 0 aliphatic rings. The van der Waals surface area contributed by atoms with Crippen molar-refractivity contribution >= 4 is 32.8 Å². The van der Waals surface area contributed by atoms with Crippen molar-refractivity contribution in [2.24, 2.45) is 0 Å². The van der Waals surface area contributed by atoms with Crippen LogP contribution in [0.1, 0.15) is 5.56 Å². The summed E-state index contributed by atoms with van der Waals surface area (Å²) >= 11 is 3.52. The smallest absolute Gasteiger partial charge is 0.150 e. The van der Waals surface area contributed by atoms with Crippen LogP contribution in [0.2, 0.25) is 0 Å². The first-order valence-electron chi connectivity index (χ1n) is 10.3. The van der Waals surface area contributed by atoms with E-state index in [1.165, 1.54) is 0 Å². The summed E-state index contributed by atoms with van der Waals surface area (Å²) in [6.45, 7) is 0.647. The second kappa shape index (κ2) is 8.85. The summed E-state index contributed by atoms with van der Waals surface area (Å²) in [5, 5.41) is 4.51. The number of methoxy groups -OCH3 is 1. The van der Waals surface area contributed by atoms with Crippen LogP contribution in [0.4, 0.5) is 5.82 Å². The maximum absolute atomic E-state index is 5.26. The third-order valence-electron chi connectivity index (χ3n) is 5.39. The van der Waals surface area contributed by atoms with E-state index < -0.39 is 0 Å². The molecule has 1 N–H and O–H groups in total. The van der Waals surface area contributed by atoms with E-state index in [9.17, 15) is 0 Å². The van der Waals surface area contributed by atoms with Gasteiger partial charge in [-0.05, 0) is 47.5 Å². The number of ether oxygens (including phenoxy) is 1. The summed E-state index contributed by atoms with van der Waals surface area (Å²) in [7, 11) is 1.67. The summed E-state index contributed by atoms with van der Waals surface area (Å²) in [6.07, 6.45) is 3.75. The highest BCUT2D eigenvalue weighted by Crippen LogP contribution is 2.35. The van der Waals surface area contributed by atoms with Gasteiger partial charge in [0.05, 0.1) is 12.5 Å². The molecule has 5 nitrogen and oxygen atoms in total. The lowest BCUT2D eigenvalue weighted by Gasteiger charge is -2.09. The number of hydrogen-bond donors (Lipinski definition) is 1. The molecule has 0 bridgehead atoms. The Morgan fingerprint density at radius 1 is 0.906 bits per heavy atom. The molecule has 0 amide bonds. The van der Waals surface area contributed by atoms with Gasteiger partial charge in [-0.2, -0.15) is 0 Å². The predicted molar refractivity (Wildman–Crippen MR) is 132 cm³/mol. The van der Waals surface area contributed by atoms with Crippen LogP contribution in [0, 0.1) is 0 Å². The third-order valence-corrected chi connectivity index (χ3v) is 5.92. The lowest BCUT2D eigenvalue weighted by molar-refractivity contribution is 0.414. The van der Waals surface area contributed by atoms with Crippen LogP contribution in [0.3, 0.4) is 0 Å². The average molecular weight is 485 g/mol. The predicted octanol–water partition coefficient (Wildman–Crippen LogP) is 6.47. The van der Waals surface area contributed by atoms with E-state index >= 15 is 0 Å². The molecule has 0 spiro atoms. The Hall–Kier alpha value is -3.64. The van der Waals surface area contributed by atoms with Crippen molar-refractivity contribution in [3.63, 3.8) is 0 Å². The van der Waals surface area contributed by atoms with Gasteiger partial charge in [-0.15, -0.1) is 0 Å². The van der Waals surface area contributed by atoms with Crippen molar-refractivity contribution in [2.75, 3.05) is 12.4 Å². The Bertz CT molecular complexity index is 1350. The zero-order chi connectivity index (χ0) is 21.9. The van der Waals surface area contributed by atoms with Gasteiger partial charge in [0, 0.05) is 28.5 Å². The van der Waals surface area contributed by atoms with E-state index in [2.05, 4.69) is 78.4 Å². The number of halogens is 1. The summed E-state index contributed by atoms with van der Waals surface area (Å²) in [5.41, 5.74) is 5.25. The highest BCUT2D eigenvalue weighted by atomic mass is 79.9. The molecule has 0 saturated heterocycles. The molecule has 0 aliphatic heterocycles. The van der Waals surface area contributed by atoms with Gasteiger partial charge >= 0.3 is 0 Å². The maximum atomic E-state index is 5.26. The fraction of sp³-hybridized carbons (Fsp3) is 0.0769. The Balaban J connectivity index is 1.60. The van der Waals surface area contributed by atoms with Gasteiger partial charge in [-0.1, -0.05) is 58.4 Å². The number of aromatic nitrogens is 3. The zero-order valence-electron chi connectivity index (χ0n) is 17.5. The minimum Gasteiger partial charge on any atom is -0.497 e. The van der Waals surface area contributed by atoms with Crippen molar-refractivity contribution in [2.45, 2.75) is 6.54 Å². The van der Waals surface area contributed by atoms with Gasteiger partial charge < -0.3 is 14.6 Å². The number of anilines is 1. The van der Waals surface area contributed by atoms with Crippen molar-refractivity contribution in [1.29, 1.82) is 0 Å². The van der Waals surface area contributed by atoms with Crippen LogP contribution in [0.15, 0.2) is 95.9 Å². The fourth-order valence-corrected chi connectivity index (χ4v) is 4.02. The van der Waals surface area contributed by atoms with Gasteiger partial charge in [-0.25, -0.2) is 9.97 Å². The minimum absolute atomic E-state index is 0.647. The highest BCUT2D eigenvalue weighted by molar-refractivity contribution is 9.10. The molecule has 0 aliphatic carbocycles. The molecule has 5 rings (SSSR count). The standard InChI is InChI=1S/C26H21BrN4O/c1-32-22-13-7-18(8-14-22)15-28-25-24-23(19-5-3-2-4-6-19)16-31(26(24)30-17-29-25)21-11-9-20(27)10-12-21/h2-14,16-17H,15H2,1H3,(H,28,29,30). The van der Waals surface area contributed by atoms with Crippen LogP contribution >= 0.6 is 15.9 Å². The molecule has 5 aromatic rings. The Morgan fingerprint density at radius 3 is 2.38 bits per heavy atom. The van der Waals surface area contributed by atoms with E-state index in [1.807, 2.05) is 42.5 Å². The summed E-state index contributed by atoms with van der Waals surface area (Å²) < 4.78 is 8.41. The normalized spacial score (nSPS) is 10.9. The molecule has 6 heteroatoms. The quantitative estimate of drug-likeness (QED) is 0.300. The van der Waals surface area contributed by atoms with Crippen LogP contribution in [0.5, 0.6) is 5.75 Å². The zero-order valence-corrected chi connectivity index (χ0v) is 19.1. The molecule has 0 saturated carbocycles. The van der Waals surface area contributed by atoms with Gasteiger partial charge in [0.25, 0.3) is 0 Å². The lowest BCUT2D eigenvalue weighted by atomic mass is 10.1. The van der Waals surface area contributed by atoms with Crippen LogP contribution < -0.4 is 10.1 Å². The Labute approximate surface area is 194 Å². The van der Waals surface area contributed by atoms with E-state index in [4.69, 9.17) is 4.74 Å². The van der Waals surface area contributed by atoms with E-state index in [0.29, 0.717) is 6.54 Å². The lowest BCUT2D eigenvalue weighted by Crippen LogP contribution is -2.03. The first-order valence-corrected chi connectivity index (χ1v) is 11.1. The van der Waals surface area contributed by atoms with E-state index in [0.717, 1.165) is 49.5 Å². The maximum Gasteiger partial charge on any atom is 0.150 e. The molecule has 2 aromatic heterocycles. The second-order valence-corrected chi connectivity index (χ2v) is 8.29. The molecular weight excluding hydrogens is 464 g/mol. The highest BCUT2D eigenvalue weighted by Gasteiger charge is 2.17. The van der Waals surface area contributed by atoms with Crippen molar-refractivity contribution in [3.05, 3.63) is 101 Å². The first-order chi connectivity index (χ1) is 15.7. The SMILES string of the molecule is COc1ccc(CNc2ncnc3c2c(-c2ccccc2)cn3-c2ccc(Br)cc2)cc1. The summed E-state index contributed by atoms with van der Waals surface area (Å²) in [6, 6.07) is 26.6. The molecule has 0 fully saturated rings. The number of hydrogen-bond acceptors (Lipinski definition) is 4. The number of fused-ring (bicyclic) bond motifs is 1. The third kappa shape index (κ3) is 3.97. The Kier molecular flexibility index (Phi) is 5.60. The molecule has 158 valence electrons. The molecule has 3 aromatic carbocycles. The monoisotopic (exact) mass is 484 g/mol. The molecule has 0 unspecified atom stereocenters. The van der Waals surface area contributed by atoms with Crippen molar-refractivity contribution < 1.29 is 4.74 Å². The number of nitrogens with zero attached hydrogens (tertiary/aromatic N) is 3. The topological polar surface area (TPSA) is 52.0 Å². The molecule has 2 heterocycles. The first kappa shape index (κ1) is 20.3. The number of rotatable bonds is 6. The van der Waals surface area contributed by atoms with Crippen LogP contribution in [-0.2, 0) is 6.54 Å².